The van der Waals surface area contributed by atoms with Gasteiger partial charge in [0.05, 0.1) is 37.6 Å². The molecule has 0 aliphatic carbocycles. The molecule has 0 saturated heterocycles. The van der Waals surface area contributed by atoms with Crippen molar-refractivity contribution in [2.75, 3.05) is 13.7 Å². The van der Waals surface area contributed by atoms with Gasteiger partial charge in [0.1, 0.15) is 11.3 Å². The summed E-state index contributed by atoms with van der Waals surface area (Å²) in [5, 5.41) is 0. The minimum atomic E-state index is -5.07. The number of nitrogens with zero attached hydrogens (tertiary/aromatic N) is 1. The predicted octanol–water partition coefficient (Wildman–Crippen LogP) is 3.15. The van der Waals surface area contributed by atoms with E-state index in [1.165, 1.54) is 6.92 Å². The Balaban J connectivity index is 3.43. The van der Waals surface area contributed by atoms with Crippen LogP contribution in [-0.4, -0.2) is 24.7 Å². The lowest BCUT2D eigenvalue weighted by Crippen LogP contribution is -2.18. The highest BCUT2D eigenvalue weighted by molar-refractivity contribution is 5.72. The van der Waals surface area contributed by atoms with E-state index >= 15 is 0 Å². The van der Waals surface area contributed by atoms with E-state index in [9.17, 15) is 26.7 Å². The first kappa shape index (κ1) is 17.1. The Hall–Kier alpha value is -1.93. The molecule has 0 amide bonds. The molecule has 0 aliphatic rings. The van der Waals surface area contributed by atoms with Gasteiger partial charge >= 0.3 is 12.1 Å². The molecular formula is C12H12F5NO3. The zero-order valence-corrected chi connectivity index (χ0v) is 11.1. The maximum Gasteiger partial charge on any atom is 0.420 e. The molecule has 1 heterocycles. The molecule has 0 radical (unpaired) electrons. The van der Waals surface area contributed by atoms with Crippen LogP contribution in [0.15, 0.2) is 6.20 Å². The van der Waals surface area contributed by atoms with Crippen LogP contribution in [0.3, 0.4) is 0 Å². The zero-order chi connectivity index (χ0) is 16.2. The summed E-state index contributed by atoms with van der Waals surface area (Å²) in [4.78, 5) is 14.7. The number of hydrogen-bond donors (Lipinski definition) is 0. The average molecular weight is 313 g/mol. The SMILES string of the molecule is CCOC(=O)Cc1ncc(OC)c(C(F)(F)F)c1C(F)F. The van der Waals surface area contributed by atoms with Crippen molar-refractivity contribution < 1.29 is 36.2 Å². The lowest BCUT2D eigenvalue weighted by molar-refractivity contribution is -0.143. The third-order valence-electron chi connectivity index (χ3n) is 2.50. The minimum Gasteiger partial charge on any atom is -0.494 e. The number of pyridine rings is 1. The molecule has 4 nitrogen and oxygen atoms in total. The van der Waals surface area contributed by atoms with E-state index in [2.05, 4.69) is 14.5 Å². The van der Waals surface area contributed by atoms with Gasteiger partial charge < -0.3 is 9.47 Å². The van der Waals surface area contributed by atoms with Crippen LogP contribution in [0.2, 0.25) is 0 Å². The first-order valence-electron chi connectivity index (χ1n) is 5.79. The molecule has 118 valence electrons. The first-order chi connectivity index (χ1) is 9.72. The fraction of sp³-hybridized carbons (Fsp3) is 0.500. The highest BCUT2D eigenvalue weighted by atomic mass is 19.4. The number of ether oxygens (including phenoxy) is 2. The van der Waals surface area contributed by atoms with Crippen LogP contribution in [0.25, 0.3) is 0 Å². The Morgan fingerprint density at radius 2 is 2.00 bits per heavy atom. The molecule has 1 aromatic heterocycles. The molecule has 0 fully saturated rings. The molecule has 9 heteroatoms. The number of hydrogen-bond acceptors (Lipinski definition) is 4. The van der Waals surface area contributed by atoms with Gasteiger partial charge in [-0.2, -0.15) is 13.2 Å². The van der Waals surface area contributed by atoms with Crippen LogP contribution in [0.1, 0.15) is 30.2 Å². The smallest absolute Gasteiger partial charge is 0.420 e. The molecule has 0 aliphatic heterocycles. The van der Waals surface area contributed by atoms with Gasteiger partial charge in [0.2, 0.25) is 0 Å². The molecule has 21 heavy (non-hydrogen) atoms. The van der Waals surface area contributed by atoms with Crippen molar-refractivity contribution in [3.63, 3.8) is 0 Å². The Morgan fingerprint density at radius 3 is 2.43 bits per heavy atom. The molecular weight excluding hydrogens is 301 g/mol. The summed E-state index contributed by atoms with van der Waals surface area (Å²) < 4.78 is 73.9. The molecule has 1 rings (SSSR count). The van der Waals surface area contributed by atoms with Crippen molar-refractivity contribution in [2.45, 2.75) is 25.9 Å². The average Bonchev–Trinajstić information content (AvgIpc) is 2.36. The second-order valence-electron chi connectivity index (χ2n) is 3.84. The number of methoxy groups -OCH3 is 1. The highest BCUT2D eigenvalue weighted by Crippen LogP contribution is 2.42. The standard InChI is InChI=1S/C12H12F5NO3/c1-3-21-8(19)4-6-9(11(13)14)10(12(15,16)17)7(20-2)5-18-6/h5,11H,3-4H2,1-2H3. The topological polar surface area (TPSA) is 48.4 Å². The molecule has 0 aromatic carbocycles. The summed E-state index contributed by atoms with van der Waals surface area (Å²) in [5.74, 6) is -1.77. The third-order valence-corrected chi connectivity index (χ3v) is 2.50. The Morgan fingerprint density at radius 1 is 1.38 bits per heavy atom. The van der Waals surface area contributed by atoms with Crippen molar-refractivity contribution in [1.82, 2.24) is 4.98 Å². The van der Waals surface area contributed by atoms with Crippen molar-refractivity contribution in [2.24, 2.45) is 0 Å². The van der Waals surface area contributed by atoms with Crippen molar-refractivity contribution in [3.05, 3.63) is 23.0 Å². The second-order valence-corrected chi connectivity index (χ2v) is 3.84. The predicted molar refractivity (Wildman–Crippen MR) is 61.1 cm³/mol. The number of alkyl halides is 5. The number of aromatic nitrogens is 1. The monoisotopic (exact) mass is 313 g/mol. The first-order valence-corrected chi connectivity index (χ1v) is 5.79. The van der Waals surface area contributed by atoms with Crippen molar-refractivity contribution in [1.29, 1.82) is 0 Å². The summed E-state index contributed by atoms with van der Waals surface area (Å²) >= 11 is 0. The van der Waals surface area contributed by atoms with Crippen molar-refractivity contribution >= 4 is 5.97 Å². The number of carbonyl (C=O) groups is 1. The van der Waals surface area contributed by atoms with Gasteiger partial charge in [0.15, 0.2) is 0 Å². The number of halogens is 5. The number of esters is 1. The summed E-state index contributed by atoms with van der Waals surface area (Å²) in [6.07, 6.45) is -8.65. The highest BCUT2D eigenvalue weighted by Gasteiger charge is 2.41. The van der Waals surface area contributed by atoms with E-state index in [0.717, 1.165) is 7.11 Å². The molecule has 0 bridgehead atoms. The van der Waals surface area contributed by atoms with Gasteiger partial charge in [0.25, 0.3) is 6.43 Å². The van der Waals surface area contributed by atoms with Gasteiger partial charge in [-0.25, -0.2) is 8.78 Å². The van der Waals surface area contributed by atoms with E-state index in [1.807, 2.05) is 0 Å². The van der Waals surface area contributed by atoms with Gasteiger partial charge in [0, 0.05) is 0 Å². The Labute approximate surface area is 116 Å². The minimum absolute atomic E-state index is 0.0227. The quantitative estimate of drug-likeness (QED) is 0.619. The Kier molecular flexibility index (Phi) is 5.45. The number of carbonyl (C=O) groups excluding carboxylic acids is 1. The molecule has 1 aromatic rings. The lowest BCUT2D eigenvalue weighted by atomic mass is 10.0. The van der Waals surface area contributed by atoms with Crippen LogP contribution in [0.5, 0.6) is 5.75 Å². The van der Waals surface area contributed by atoms with Gasteiger partial charge in [-0.1, -0.05) is 0 Å². The fourth-order valence-corrected chi connectivity index (χ4v) is 1.72. The largest absolute Gasteiger partial charge is 0.494 e. The van der Waals surface area contributed by atoms with Crippen LogP contribution >= 0.6 is 0 Å². The maximum absolute atomic E-state index is 13.0. The van der Waals surface area contributed by atoms with Crippen LogP contribution < -0.4 is 4.74 Å². The summed E-state index contributed by atoms with van der Waals surface area (Å²) in [6.45, 7) is 1.46. The zero-order valence-electron chi connectivity index (χ0n) is 11.1. The second kappa shape index (κ2) is 6.68. The van der Waals surface area contributed by atoms with E-state index in [0.29, 0.717) is 6.20 Å². The number of rotatable bonds is 5. The molecule has 0 N–H and O–H groups in total. The van der Waals surface area contributed by atoms with Crippen molar-refractivity contribution in [3.8, 4) is 5.75 Å². The molecule has 0 atom stereocenters. The third kappa shape index (κ3) is 4.02. The van der Waals surface area contributed by atoms with Crippen LogP contribution in [0, 0.1) is 0 Å². The normalized spacial score (nSPS) is 11.6. The maximum atomic E-state index is 13.0. The Bertz CT molecular complexity index is 516. The lowest BCUT2D eigenvalue weighted by Gasteiger charge is -2.18. The summed E-state index contributed by atoms with van der Waals surface area (Å²) in [5.41, 5.74) is -3.68. The molecule has 0 saturated carbocycles. The van der Waals surface area contributed by atoms with Gasteiger partial charge in [-0.15, -0.1) is 0 Å². The summed E-state index contributed by atoms with van der Waals surface area (Å²) in [7, 11) is 0.909. The van der Waals surface area contributed by atoms with Crippen LogP contribution in [-0.2, 0) is 22.1 Å². The van der Waals surface area contributed by atoms with E-state index < -0.39 is 47.6 Å². The molecule has 0 unspecified atom stereocenters. The van der Waals surface area contributed by atoms with Crippen LogP contribution in [0.4, 0.5) is 22.0 Å². The van der Waals surface area contributed by atoms with E-state index in [-0.39, 0.29) is 6.61 Å². The fourth-order valence-electron chi connectivity index (χ4n) is 1.72. The van der Waals surface area contributed by atoms with Gasteiger partial charge in [-0.05, 0) is 6.92 Å². The van der Waals surface area contributed by atoms with E-state index in [1.54, 1.807) is 0 Å². The summed E-state index contributed by atoms with van der Waals surface area (Å²) in [6, 6.07) is 0. The molecule has 0 spiro atoms. The van der Waals surface area contributed by atoms with Gasteiger partial charge in [-0.3, -0.25) is 9.78 Å². The van der Waals surface area contributed by atoms with E-state index in [4.69, 9.17) is 0 Å².